The Morgan fingerprint density at radius 3 is 2.40 bits per heavy atom. The first kappa shape index (κ1) is 12.1. The zero-order valence-corrected chi connectivity index (χ0v) is 8.36. The van der Waals surface area contributed by atoms with Crippen molar-refractivity contribution in [2.24, 2.45) is 0 Å². The van der Waals surface area contributed by atoms with Gasteiger partial charge in [-0.05, 0) is 0 Å². The highest BCUT2D eigenvalue weighted by Crippen LogP contribution is 2.30. The van der Waals surface area contributed by atoms with Gasteiger partial charge < -0.3 is 5.11 Å². The molecule has 1 rings (SSSR count). The Kier molecular flexibility index (Phi) is 3.10. The highest BCUT2D eigenvalue weighted by molar-refractivity contribution is 8.13. The second kappa shape index (κ2) is 3.86. The van der Waals surface area contributed by atoms with Crippen LogP contribution in [-0.2, 0) is 9.05 Å². The van der Waals surface area contributed by atoms with Crippen molar-refractivity contribution in [2.45, 2.75) is 11.3 Å². The van der Waals surface area contributed by atoms with Crippen LogP contribution in [0.15, 0.2) is 11.0 Å². The summed E-state index contributed by atoms with van der Waals surface area (Å²) in [6, 6.07) is 0.284. The summed E-state index contributed by atoms with van der Waals surface area (Å²) in [7, 11) is 0.283. The Morgan fingerprint density at radius 2 is 2.00 bits per heavy atom. The van der Waals surface area contributed by atoms with Crippen LogP contribution >= 0.6 is 10.7 Å². The first-order valence-corrected chi connectivity index (χ1v) is 5.66. The van der Waals surface area contributed by atoms with Crippen LogP contribution in [0.2, 0.25) is 0 Å². The molecule has 0 amide bonds. The average molecular weight is 262 g/mol. The van der Waals surface area contributed by atoms with Gasteiger partial charge in [0.05, 0.1) is 0 Å². The van der Waals surface area contributed by atoms with Gasteiger partial charge in [-0.1, -0.05) is 0 Å². The smallest absolute Gasteiger partial charge is 0.281 e. The minimum absolute atomic E-state index is 0.284. The fourth-order valence-corrected chi connectivity index (χ4v) is 1.84. The van der Waals surface area contributed by atoms with Crippen LogP contribution in [0.5, 0.6) is 5.75 Å². The van der Waals surface area contributed by atoms with E-state index in [1.54, 1.807) is 0 Å². The molecule has 1 heterocycles. The van der Waals surface area contributed by atoms with E-state index in [1.165, 1.54) is 0 Å². The van der Waals surface area contributed by atoms with Gasteiger partial charge in [-0.2, -0.15) is 4.39 Å². The fraction of sp³-hybridized carbons (Fsp3) is 0.167. The summed E-state index contributed by atoms with van der Waals surface area (Å²) >= 11 is 0. The van der Waals surface area contributed by atoms with Gasteiger partial charge in [0.15, 0.2) is 5.75 Å². The molecule has 0 saturated heterocycles. The summed E-state index contributed by atoms with van der Waals surface area (Å²) in [6.45, 7) is 0. The number of aromatic nitrogens is 1. The molecule has 0 spiro atoms. The standard InChI is InChI=1S/C6H3ClF3NO3S/c7-15(13,14)3-1-2(12)6(10)11-4(3)5(8)9/h1,5,12H. The fourth-order valence-electron chi connectivity index (χ4n) is 0.827. The van der Waals surface area contributed by atoms with E-state index in [4.69, 9.17) is 15.8 Å². The molecule has 0 saturated carbocycles. The molecule has 1 aromatic heterocycles. The largest absolute Gasteiger partial charge is 0.504 e. The maximum Gasteiger partial charge on any atom is 0.281 e. The summed E-state index contributed by atoms with van der Waals surface area (Å²) in [5, 5.41) is 8.76. The second-order valence-electron chi connectivity index (χ2n) is 2.42. The first-order valence-electron chi connectivity index (χ1n) is 3.35. The topological polar surface area (TPSA) is 67.3 Å². The van der Waals surface area contributed by atoms with Gasteiger partial charge in [0.1, 0.15) is 10.6 Å². The Hall–Kier alpha value is -1.02. The van der Waals surface area contributed by atoms with Crippen LogP contribution in [0, 0.1) is 5.95 Å². The second-order valence-corrected chi connectivity index (χ2v) is 4.95. The van der Waals surface area contributed by atoms with Gasteiger partial charge in [0.2, 0.25) is 0 Å². The van der Waals surface area contributed by atoms with Crippen molar-refractivity contribution >= 4 is 19.7 Å². The van der Waals surface area contributed by atoms with E-state index in [-0.39, 0.29) is 6.07 Å². The highest BCUT2D eigenvalue weighted by Gasteiger charge is 2.26. The molecule has 1 aromatic rings. The van der Waals surface area contributed by atoms with Crippen molar-refractivity contribution in [3.8, 4) is 5.75 Å². The number of pyridine rings is 1. The van der Waals surface area contributed by atoms with Crippen LogP contribution in [0.1, 0.15) is 12.1 Å². The van der Waals surface area contributed by atoms with Crippen molar-refractivity contribution in [3.63, 3.8) is 0 Å². The molecule has 15 heavy (non-hydrogen) atoms. The minimum Gasteiger partial charge on any atom is -0.504 e. The summed E-state index contributed by atoms with van der Waals surface area (Å²) in [5.74, 6) is -2.76. The van der Waals surface area contributed by atoms with E-state index in [1.807, 2.05) is 0 Å². The maximum atomic E-state index is 12.6. The van der Waals surface area contributed by atoms with E-state index in [2.05, 4.69) is 4.98 Å². The lowest BCUT2D eigenvalue weighted by molar-refractivity contribution is 0.140. The molecule has 0 aliphatic rings. The number of rotatable bonds is 2. The van der Waals surface area contributed by atoms with Crippen LogP contribution in [0.3, 0.4) is 0 Å². The van der Waals surface area contributed by atoms with E-state index < -0.39 is 37.8 Å². The Balaban J connectivity index is 3.56. The molecule has 0 unspecified atom stereocenters. The van der Waals surface area contributed by atoms with E-state index in [0.29, 0.717) is 0 Å². The highest BCUT2D eigenvalue weighted by atomic mass is 35.7. The molecule has 0 radical (unpaired) electrons. The van der Waals surface area contributed by atoms with Crippen molar-refractivity contribution < 1.29 is 26.7 Å². The van der Waals surface area contributed by atoms with Gasteiger partial charge in [0.25, 0.3) is 21.4 Å². The third-order valence-corrected chi connectivity index (χ3v) is 2.77. The van der Waals surface area contributed by atoms with Crippen molar-refractivity contribution in [1.29, 1.82) is 0 Å². The summed E-state index contributed by atoms with van der Waals surface area (Å²) in [6.07, 6.45) is -3.32. The van der Waals surface area contributed by atoms with Gasteiger partial charge in [-0.3, -0.25) is 0 Å². The van der Waals surface area contributed by atoms with Crippen molar-refractivity contribution in [1.82, 2.24) is 4.98 Å². The van der Waals surface area contributed by atoms with Gasteiger partial charge >= 0.3 is 0 Å². The van der Waals surface area contributed by atoms with Crippen molar-refractivity contribution in [2.75, 3.05) is 0 Å². The lowest BCUT2D eigenvalue weighted by atomic mass is 10.3. The molecule has 0 atom stereocenters. The third kappa shape index (κ3) is 2.51. The molecule has 0 aromatic carbocycles. The summed E-state index contributed by atoms with van der Waals surface area (Å²) in [5.41, 5.74) is -1.33. The quantitative estimate of drug-likeness (QED) is 0.651. The molecule has 4 nitrogen and oxygen atoms in total. The van der Waals surface area contributed by atoms with Gasteiger partial charge in [0, 0.05) is 16.7 Å². The molecule has 9 heteroatoms. The van der Waals surface area contributed by atoms with Crippen LogP contribution in [0.4, 0.5) is 13.2 Å². The molecular weight excluding hydrogens is 259 g/mol. The van der Waals surface area contributed by atoms with E-state index in [0.717, 1.165) is 0 Å². The molecule has 0 fully saturated rings. The summed E-state index contributed by atoms with van der Waals surface area (Å²) in [4.78, 5) is 1.50. The number of alkyl halides is 2. The average Bonchev–Trinajstić information content (AvgIpc) is 2.06. The Labute approximate surface area is 86.7 Å². The number of hydrogen-bond acceptors (Lipinski definition) is 4. The zero-order valence-electron chi connectivity index (χ0n) is 6.79. The van der Waals surface area contributed by atoms with Crippen LogP contribution < -0.4 is 0 Å². The normalized spacial score (nSPS) is 12.1. The van der Waals surface area contributed by atoms with Crippen LogP contribution in [0.25, 0.3) is 0 Å². The number of hydrogen-bond donors (Lipinski definition) is 1. The van der Waals surface area contributed by atoms with Crippen molar-refractivity contribution in [3.05, 3.63) is 17.7 Å². The monoisotopic (exact) mass is 261 g/mol. The molecule has 0 aliphatic carbocycles. The SMILES string of the molecule is O=S(=O)(Cl)c1cc(O)c(F)nc1C(F)F. The maximum absolute atomic E-state index is 12.6. The Bertz CT molecular complexity index is 491. The molecule has 84 valence electrons. The predicted octanol–water partition coefficient (Wildman–Crippen LogP) is 1.79. The molecule has 1 N–H and O–H groups in total. The summed E-state index contributed by atoms with van der Waals surface area (Å²) < 4.78 is 58.6. The number of aromatic hydroxyl groups is 1. The molecule has 0 bridgehead atoms. The van der Waals surface area contributed by atoms with Gasteiger partial charge in [-0.25, -0.2) is 22.2 Å². The molecular formula is C6H3ClF3NO3S. The van der Waals surface area contributed by atoms with Gasteiger partial charge in [-0.15, -0.1) is 0 Å². The molecule has 0 aliphatic heterocycles. The zero-order chi connectivity index (χ0) is 11.8. The predicted molar refractivity (Wildman–Crippen MR) is 43.9 cm³/mol. The third-order valence-electron chi connectivity index (χ3n) is 1.42. The minimum atomic E-state index is -4.51. The van der Waals surface area contributed by atoms with E-state index in [9.17, 15) is 21.6 Å². The Morgan fingerprint density at radius 1 is 1.47 bits per heavy atom. The first-order chi connectivity index (χ1) is 6.73. The number of nitrogens with zero attached hydrogens (tertiary/aromatic N) is 1. The van der Waals surface area contributed by atoms with E-state index >= 15 is 0 Å². The lowest BCUT2D eigenvalue weighted by Gasteiger charge is -2.05. The van der Waals surface area contributed by atoms with Crippen LogP contribution in [-0.4, -0.2) is 18.5 Å². The number of halogens is 4. The lowest BCUT2D eigenvalue weighted by Crippen LogP contribution is -2.03.